The van der Waals surface area contributed by atoms with Crippen molar-refractivity contribution in [2.24, 2.45) is 4.99 Å². The van der Waals surface area contributed by atoms with E-state index in [1.54, 1.807) is 9.80 Å². The molecule has 0 unspecified atom stereocenters. The second kappa shape index (κ2) is 14.3. The van der Waals surface area contributed by atoms with Gasteiger partial charge in [-0.1, -0.05) is 0 Å². The lowest BCUT2D eigenvalue weighted by molar-refractivity contribution is -0.137. The number of carbonyl (C=O) groups is 1. The fraction of sp³-hybridized carbons (Fsp3) is 0.632. The molecule has 11 heteroatoms. The molecule has 1 aromatic rings. The molecule has 1 aromatic heterocycles. The van der Waals surface area contributed by atoms with E-state index in [2.05, 4.69) is 20.6 Å². The molecule has 0 saturated heterocycles. The number of nitrogens with one attached hydrogen (secondary N) is 2. The second-order valence-electron chi connectivity index (χ2n) is 6.37. The third-order valence-corrected chi connectivity index (χ3v) is 4.18. The zero-order chi connectivity index (χ0) is 21.9. The Morgan fingerprint density at radius 3 is 2.37 bits per heavy atom. The molecule has 1 amide bonds. The minimum Gasteiger partial charge on any atom is -0.370 e. The molecule has 0 bridgehead atoms. The minimum absolute atomic E-state index is 0. The Hall–Kier alpha value is -1.79. The third-order valence-electron chi connectivity index (χ3n) is 4.18. The predicted molar refractivity (Wildman–Crippen MR) is 124 cm³/mol. The highest BCUT2D eigenvalue weighted by Gasteiger charge is 2.30. The van der Waals surface area contributed by atoms with Crippen molar-refractivity contribution in [3.05, 3.63) is 23.9 Å². The standard InChI is InChI=1S/C19H31F3N6O.HI/c1-5-23-18(27(4)14-17(29)28(6-2)7-3)25-12-8-11-24-16-10-9-15(13-26-16)19(20,21)22;/h9-10,13H,5-8,11-12,14H2,1-4H3,(H,23,25)(H,24,26);1H. The van der Waals surface area contributed by atoms with Crippen molar-refractivity contribution in [1.82, 2.24) is 20.1 Å². The van der Waals surface area contributed by atoms with Crippen molar-refractivity contribution in [2.45, 2.75) is 33.4 Å². The van der Waals surface area contributed by atoms with Gasteiger partial charge in [0.25, 0.3) is 0 Å². The molecule has 0 atom stereocenters. The number of anilines is 1. The molecule has 0 spiro atoms. The molecule has 7 nitrogen and oxygen atoms in total. The summed E-state index contributed by atoms with van der Waals surface area (Å²) in [6, 6.07) is 2.31. The van der Waals surface area contributed by atoms with Crippen LogP contribution in [0.4, 0.5) is 19.0 Å². The first-order valence-electron chi connectivity index (χ1n) is 9.77. The Kier molecular flexibility index (Phi) is 13.4. The molecule has 1 rings (SSSR count). The number of aliphatic imine (C=N–C) groups is 1. The van der Waals surface area contributed by atoms with Crippen molar-refractivity contribution in [3.8, 4) is 0 Å². The molecule has 0 fully saturated rings. The Bertz CT molecular complexity index is 651. The highest BCUT2D eigenvalue weighted by molar-refractivity contribution is 14.0. The van der Waals surface area contributed by atoms with Gasteiger partial charge in [-0.2, -0.15) is 13.2 Å². The average molecular weight is 544 g/mol. The number of amides is 1. The number of carbonyl (C=O) groups excluding carboxylic acids is 1. The molecule has 0 aromatic carbocycles. The minimum atomic E-state index is -4.39. The van der Waals surface area contributed by atoms with Gasteiger partial charge in [0.1, 0.15) is 5.82 Å². The maximum atomic E-state index is 12.5. The molecule has 0 aliphatic rings. The van der Waals surface area contributed by atoms with Crippen LogP contribution in [-0.2, 0) is 11.0 Å². The molecular formula is C19H32F3IN6O. The van der Waals surface area contributed by atoms with E-state index in [-0.39, 0.29) is 36.4 Å². The maximum absolute atomic E-state index is 12.5. The fourth-order valence-electron chi connectivity index (χ4n) is 2.57. The van der Waals surface area contributed by atoms with Crippen molar-refractivity contribution >= 4 is 41.7 Å². The number of hydrogen-bond acceptors (Lipinski definition) is 4. The van der Waals surface area contributed by atoms with Gasteiger partial charge in [0.15, 0.2) is 5.96 Å². The summed E-state index contributed by atoms with van der Waals surface area (Å²) in [7, 11) is 1.81. The number of rotatable bonds is 10. The van der Waals surface area contributed by atoms with E-state index in [0.29, 0.717) is 50.9 Å². The fourth-order valence-corrected chi connectivity index (χ4v) is 2.57. The summed E-state index contributed by atoms with van der Waals surface area (Å²) in [5.41, 5.74) is -0.773. The first-order chi connectivity index (χ1) is 13.7. The van der Waals surface area contributed by atoms with Crippen LogP contribution in [0.15, 0.2) is 23.3 Å². The third kappa shape index (κ3) is 9.81. The van der Waals surface area contributed by atoms with Gasteiger partial charge < -0.3 is 20.4 Å². The summed E-state index contributed by atoms with van der Waals surface area (Å²) in [5.74, 6) is 1.06. The highest BCUT2D eigenvalue weighted by atomic mass is 127. The summed E-state index contributed by atoms with van der Waals surface area (Å²) in [6.07, 6.45) is -2.91. The molecule has 0 radical (unpaired) electrons. The summed E-state index contributed by atoms with van der Waals surface area (Å²) in [5, 5.41) is 6.14. The number of hydrogen-bond donors (Lipinski definition) is 2. The number of nitrogens with zero attached hydrogens (tertiary/aromatic N) is 4. The van der Waals surface area contributed by atoms with Gasteiger partial charge in [-0.05, 0) is 39.3 Å². The predicted octanol–water partition coefficient (Wildman–Crippen LogP) is 3.29. The van der Waals surface area contributed by atoms with Gasteiger partial charge in [0.2, 0.25) is 5.91 Å². The van der Waals surface area contributed by atoms with Crippen LogP contribution in [0.2, 0.25) is 0 Å². The molecule has 0 saturated carbocycles. The Morgan fingerprint density at radius 1 is 1.20 bits per heavy atom. The normalized spacial score (nSPS) is 11.5. The van der Waals surface area contributed by atoms with E-state index in [9.17, 15) is 18.0 Å². The second-order valence-corrected chi connectivity index (χ2v) is 6.37. The molecular weight excluding hydrogens is 512 g/mol. The number of alkyl halides is 3. The van der Waals surface area contributed by atoms with Crippen LogP contribution < -0.4 is 10.6 Å². The highest BCUT2D eigenvalue weighted by Crippen LogP contribution is 2.28. The Morgan fingerprint density at radius 2 is 1.87 bits per heavy atom. The number of likely N-dealkylation sites (N-methyl/N-ethyl adjacent to an activating group) is 2. The van der Waals surface area contributed by atoms with Gasteiger partial charge in [0.05, 0.1) is 12.1 Å². The lowest BCUT2D eigenvalue weighted by Gasteiger charge is -2.25. The van der Waals surface area contributed by atoms with Gasteiger partial charge in [0, 0.05) is 46.0 Å². The molecule has 2 N–H and O–H groups in total. The lowest BCUT2D eigenvalue weighted by atomic mass is 10.3. The van der Waals surface area contributed by atoms with Crippen LogP contribution in [0, 0.1) is 0 Å². The van der Waals surface area contributed by atoms with Crippen LogP contribution >= 0.6 is 24.0 Å². The number of pyridine rings is 1. The van der Waals surface area contributed by atoms with Crippen LogP contribution in [0.1, 0.15) is 32.8 Å². The van der Waals surface area contributed by atoms with E-state index in [4.69, 9.17) is 0 Å². The van der Waals surface area contributed by atoms with Crippen molar-refractivity contribution in [1.29, 1.82) is 0 Å². The van der Waals surface area contributed by atoms with Crippen molar-refractivity contribution in [2.75, 3.05) is 51.6 Å². The summed E-state index contributed by atoms with van der Waals surface area (Å²) >= 11 is 0. The summed E-state index contributed by atoms with van der Waals surface area (Å²) in [4.78, 5) is 24.1. The molecule has 1 heterocycles. The van der Waals surface area contributed by atoms with E-state index in [1.165, 1.54) is 6.07 Å². The maximum Gasteiger partial charge on any atom is 0.417 e. The number of halogens is 4. The summed E-state index contributed by atoms with van der Waals surface area (Å²) in [6.45, 7) is 9.10. The number of aromatic nitrogens is 1. The zero-order valence-corrected chi connectivity index (χ0v) is 20.3. The van der Waals surface area contributed by atoms with Crippen LogP contribution in [0.25, 0.3) is 0 Å². The average Bonchev–Trinajstić information content (AvgIpc) is 2.67. The smallest absolute Gasteiger partial charge is 0.370 e. The lowest BCUT2D eigenvalue weighted by Crippen LogP contribution is -2.45. The van der Waals surface area contributed by atoms with E-state index >= 15 is 0 Å². The van der Waals surface area contributed by atoms with Crippen LogP contribution in [-0.4, -0.2) is 73.0 Å². The molecule has 0 aliphatic carbocycles. The first kappa shape index (κ1) is 28.2. The topological polar surface area (TPSA) is 72.9 Å². The van der Waals surface area contributed by atoms with E-state index in [1.807, 2.05) is 27.8 Å². The van der Waals surface area contributed by atoms with Crippen molar-refractivity contribution in [3.63, 3.8) is 0 Å². The van der Waals surface area contributed by atoms with Gasteiger partial charge in [-0.15, -0.1) is 24.0 Å². The van der Waals surface area contributed by atoms with E-state index in [0.717, 1.165) is 12.3 Å². The largest absolute Gasteiger partial charge is 0.417 e. The molecule has 30 heavy (non-hydrogen) atoms. The zero-order valence-electron chi connectivity index (χ0n) is 17.9. The van der Waals surface area contributed by atoms with Gasteiger partial charge in [-0.25, -0.2) is 4.98 Å². The van der Waals surface area contributed by atoms with E-state index < -0.39 is 11.7 Å². The first-order valence-corrected chi connectivity index (χ1v) is 9.77. The Balaban J connectivity index is 0.00000841. The summed E-state index contributed by atoms with van der Waals surface area (Å²) < 4.78 is 37.6. The van der Waals surface area contributed by atoms with Crippen LogP contribution in [0.3, 0.4) is 0 Å². The Labute approximate surface area is 193 Å². The van der Waals surface area contributed by atoms with Gasteiger partial charge in [-0.3, -0.25) is 9.79 Å². The monoisotopic (exact) mass is 544 g/mol. The molecule has 172 valence electrons. The molecule has 0 aliphatic heterocycles. The quantitative estimate of drug-likeness (QED) is 0.205. The SMILES string of the molecule is CCNC(=NCCCNc1ccc(C(F)(F)F)cn1)N(C)CC(=O)N(CC)CC.I. The number of guanidine groups is 1. The van der Waals surface area contributed by atoms with Crippen molar-refractivity contribution < 1.29 is 18.0 Å². The van der Waals surface area contributed by atoms with Gasteiger partial charge >= 0.3 is 6.18 Å². The van der Waals surface area contributed by atoms with Crippen LogP contribution in [0.5, 0.6) is 0 Å².